The van der Waals surface area contributed by atoms with Crippen LogP contribution in [0.15, 0.2) is 30.3 Å². The number of nitrogens with zero attached hydrogens (tertiary/aromatic N) is 1. The number of aromatic nitrogens is 2. The van der Waals surface area contributed by atoms with Gasteiger partial charge in [0.15, 0.2) is 5.82 Å². The van der Waals surface area contributed by atoms with E-state index >= 15 is 0 Å². The van der Waals surface area contributed by atoms with Crippen molar-refractivity contribution >= 4 is 27.4 Å². The first kappa shape index (κ1) is 19.0. The van der Waals surface area contributed by atoms with Gasteiger partial charge in [0.25, 0.3) is 5.91 Å². The average molecular weight is 364 g/mol. The van der Waals surface area contributed by atoms with E-state index < -0.39 is 10.0 Å². The highest BCUT2D eigenvalue weighted by Crippen LogP contribution is 2.14. The third kappa shape index (κ3) is 5.90. The van der Waals surface area contributed by atoms with Crippen molar-refractivity contribution < 1.29 is 13.2 Å². The van der Waals surface area contributed by atoms with E-state index in [1.165, 1.54) is 0 Å². The molecule has 1 amide bonds. The number of hydrogen-bond acceptors (Lipinski definition) is 4. The fourth-order valence-electron chi connectivity index (χ4n) is 2.27. The van der Waals surface area contributed by atoms with E-state index in [4.69, 9.17) is 0 Å². The van der Waals surface area contributed by atoms with E-state index in [-0.39, 0.29) is 11.7 Å². The van der Waals surface area contributed by atoms with Crippen LogP contribution in [0.3, 0.4) is 0 Å². The largest absolute Gasteiger partial charge is 0.305 e. The number of H-pyrrole nitrogens is 1. The third-order valence-electron chi connectivity index (χ3n) is 3.58. The molecule has 136 valence electrons. The first-order valence-electron chi connectivity index (χ1n) is 8.39. The van der Waals surface area contributed by atoms with Crippen LogP contribution in [-0.4, -0.2) is 30.3 Å². The van der Waals surface area contributed by atoms with Crippen LogP contribution in [0.25, 0.3) is 0 Å². The Morgan fingerprint density at radius 3 is 2.52 bits per heavy atom. The molecule has 2 rings (SSSR count). The summed E-state index contributed by atoms with van der Waals surface area (Å²) in [6, 6.07) is 8.10. The summed E-state index contributed by atoms with van der Waals surface area (Å²) in [4.78, 5) is 12.2. The summed E-state index contributed by atoms with van der Waals surface area (Å²) in [6.07, 6.45) is 3.29. The molecule has 0 spiro atoms. The molecule has 0 saturated heterocycles. The molecule has 25 heavy (non-hydrogen) atoms. The first-order chi connectivity index (χ1) is 11.9. The smallest absolute Gasteiger partial charge is 0.256 e. The molecule has 8 heteroatoms. The Kier molecular flexibility index (Phi) is 6.58. The van der Waals surface area contributed by atoms with E-state index in [1.807, 2.05) is 6.92 Å². The lowest BCUT2D eigenvalue weighted by Gasteiger charge is -2.08. The summed E-state index contributed by atoms with van der Waals surface area (Å²) in [5.74, 6) is 0.262. The van der Waals surface area contributed by atoms with E-state index in [0.29, 0.717) is 23.5 Å². The molecule has 7 nitrogen and oxygen atoms in total. The fraction of sp³-hybridized carbons (Fsp3) is 0.412. The van der Waals surface area contributed by atoms with Crippen LogP contribution in [0.2, 0.25) is 0 Å². The van der Waals surface area contributed by atoms with Crippen LogP contribution >= 0.6 is 0 Å². The number of sulfonamides is 1. The molecule has 0 bridgehead atoms. The van der Waals surface area contributed by atoms with Crippen molar-refractivity contribution in [3.8, 4) is 0 Å². The Morgan fingerprint density at radius 2 is 1.88 bits per heavy atom. The molecule has 0 aliphatic rings. The zero-order valence-electron chi connectivity index (χ0n) is 14.5. The summed E-state index contributed by atoms with van der Waals surface area (Å²) in [6.45, 7) is 4.00. The minimum atomic E-state index is -3.35. The lowest BCUT2D eigenvalue weighted by molar-refractivity contribution is 0.102. The molecule has 0 saturated carbocycles. The SMILES string of the molecule is CCCCS(=O)(=O)Nc1ccc(C(=O)Nc2cc(CCC)[nH]n2)cc1. The third-order valence-corrected chi connectivity index (χ3v) is 4.95. The number of carbonyl (C=O) groups is 1. The van der Waals surface area contributed by atoms with Gasteiger partial charge in [-0.3, -0.25) is 14.6 Å². The number of unbranched alkanes of at least 4 members (excludes halogenated alkanes) is 1. The molecule has 1 aromatic carbocycles. The number of amides is 1. The van der Waals surface area contributed by atoms with Crippen molar-refractivity contribution in [1.29, 1.82) is 0 Å². The van der Waals surface area contributed by atoms with Crippen LogP contribution < -0.4 is 10.0 Å². The molecule has 2 aromatic rings. The molecule has 3 N–H and O–H groups in total. The van der Waals surface area contributed by atoms with Crippen molar-refractivity contribution in [2.75, 3.05) is 15.8 Å². The maximum absolute atomic E-state index is 12.2. The standard InChI is InChI=1S/C17H24N4O3S/c1-3-5-11-25(23,24)21-14-9-7-13(8-10-14)17(22)18-16-12-15(6-4-2)19-20-16/h7-10,12,21H,3-6,11H2,1-2H3,(H2,18,19,20,22). The maximum Gasteiger partial charge on any atom is 0.256 e. The molecule has 0 unspecified atom stereocenters. The Balaban J connectivity index is 1.97. The Morgan fingerprint density at radius 1 is 1.16 bits per heavy atom. The van der Waals surface area contributed by atoms with Crippen molar-refractivity contribution in [3.63, 3.8) is 0 Å². The second kappa shape index (κ2) is 8.66. The van der Waals surface area contributed by atoms with E-state index in [1.54, 1.807) is 30.3 Å². The minimum absolute atomic E-state index is 0.0883. The van der Waals surface area contributed by atoms with Gasteiger partial charge in [-0.2, -0.15) is 5.10 Å². The summed E-state index contributed by atoms with van der Waals surface area (Å²) < 4.78 is 26.3. The average Bonchev–Trinajstić information content (AvgIpc) is 3.01. The molecule has 0 fully saturated rings. The van der Waals surface area contributed by atoms with Crippen molar-refractivity contribution in [2.24, 2.45) is 0 Å². The van der Waals surface area contributed by atoms with Gasteiger partial charge in [-0.15, -0.1) is 0 Å². The topological polar surface area (TPSA) is 104 Å². The van der Waals surface area contributed by atoms with E-state index in [2.05, 4.69) is 27.2 Å². The molecule has 1 heterocycles. The van der Waals surface area contributed by atoms with E-state index in [0.717, 1.165) is 25.0 Å². The monoisotopic (exact) mass is 364 g/mol. The van der Waals surface area contributed by atoms with Gasteiger partial charge >= 0.3 is 0 Å². The highest BCUT2D eigenvalue weighted by Gasteiger charge is 2.11. The normalized spacial score (nSPS) is 11.3. The van der Waals surface area contributed by atoms with Gasteiger partial charge in [-0.25, -0.2) is 8.42 Å². The molecular weight excluding hydrogens is 340 g/mol. The van der Waals surface area contributed by atoms with Gasteiger partial charge in [0.2, 0.25) is 10.0 Å². The predicted octanol–water partition coefficient (Wildman–Crippen LogP) is 3.16. The quantitative estimate of drug-likeness (QED) is 0.636. The number of rotatable bonds is 9. The fourth-order valence-corrected chi connectivity index (χ4v) is 3.53. The van der Waals surface area contributed by atoms with Crippen LogP contribution in [0.5, 0.6) is 0 Å². The highest BCUT2D eigenvalue weighted by atomic mass is 32.2. The minimum Gasteiger partial charge on any atom is -0.305 e. The number of nitrogens with one attached hydrogen (secondary N) is 3. The zero-order chi connectivity index (χ0) is 18.3. The number of aromatic amines is 1. The number of anilines is 2. The number of hydrogen-bond donors (Lipinski definition) is 3. The van der Waals surface area contributed by atoms with Gasteiger partial charge in [0, 0.05) is 23.0 Å². The second-order valence-corrected chi connectivity index (χ2v) is 7.68. The molecule has 0 atom stereocenters. The van der Waals surface area contributed by atoms with Crippen molar-refractivity contribution in [1.82, 2.24) is 10.2 Å². The predicted molar refractivity (Wildman–Crippen MR) is 99.3 cm³/mol. The first-order valence-corrected chi connectivity index (χ1v) is 10.0. The van der Waals surface area contributed by atoms with Crippen molar-refractivity contribution in [2.45, 2.75) is 39.5 Å². The van der Waals surface area contributed by atoms with Gasteiger partial charge in [-0.1, -0.05) is 26.7 Å². The number of aryl methyl sites for hydroxylation is 1. The molecule has 0 aliphatic carbocycles. The number of benzene rings is 1. The van der Waals surface area contributed by atoms with Crippen molar-refractivity contribution in [3.05, 3.63) is 41.6 Å². The Bertz CT molecular complexity index is 798. The van der Waals surface area contributed by atoms with E-state index in [9.17, 15) is 13.2 Å². The maximum atomic E-state index is 12.2. The molecular formula is C17H24N4O3S. The Hall–Kier alpha value is -2.35. The second-order valence-electron chi connectivity index (χ2n) is 5.83. The van der Waals surface area contributed by atoms with Crippen LogP contribution in [0, 0.1) is 0 Å². The molecule has 1 aromatic heterocycles. The van der Waals surface area contributed by atoms with Gasteiger partial charge in [0.05, 0.1) is 5.75 Å². The van der Waals surface area contributed by atoms with Gasteiger partial charge < -0.3 is 5.32 Å². The lowest BCUT2D eigenvalue weighted by Crippen LogP contribution is -2.17. The summed E-state index contributed by atoms with van der Waals surface area (Å²) in [7, 11) is -3.35. The summed E-state index contributed by atoms with van der Waals surface area (Å²) in [5.41, 5.74) is 1.84. The van der Waals surface area contributed by atoms with Gasteiger partial charge in [-0.05, 0) is 37.1 Å². The van der Waals surface area contributed by atoms with Crippen LogP contribution in [-0.2, 0) is 16.4 Å². The summed E-state index contributed by atoms with van der Waals surface area (Å²) in [5, 5.41) is 9.63. The summed E-state index contributed by atoms with van der Waals surface area (Å²) >= 11 is 0. The zero-order valence-corrected chi connectivity index (χ0v) is 15.3. The van der Waals surface area contributed by atoms with Gasteiger partial charge in [0.1, 0.15) is 0 Å². The number of carbonyl (C=O) groups excluding carboxylic acids is 1. The van der Waals surface area contributed by atoms with Crippen LogP contribution in [0.4, 0.5) is 11.5 Å². The molecule has 0 radical (unpaired) electrons. The van der Waals surface area contributed by atoms with Crippen LogP contribution in [0.1, 0.15) is 49.2 Å². The highest BCUT2D eigenvalue weighted by molar-refractivity contribution is 7.92. The molecule has 0 aliphatic heterocycles. The Labute approximate surface area is 148 Å². The lowest BCUT2D eigenvalue weighted by atomic mass is 10.2.